The molecule has 1 amide bonds. The van der Waals surface area contributed by atoms with E-state index in [1.54, 1.807) is 7.05 Å². The Morgan fingerprint density at radius 1 is 1.24 bits per heavy atom. The first-order chi connectivity index (χ1) is 12.3. The summed E-state index contributed by atoms with van der Waals surface area (Å²) in [5.41, 5.74) is 5.20. The predicted molar refractivity (Wildman–Crippen MR) is 102 cm³/mol. The minimum atomic E-state index is 0.0464. The van der Waals surface area contributed by atoms with Crippen LogP contribution in [-0.2, 0) is 17.8 Å². The van der Waals surface area contributed by atoms with E-state index in [9.17, 15) is 4.79 Å². The zero-order chi connectivity index (χ0) is 17.5. The van der Waals surface area contributed by atoms with Gasteiger partial charge in [0.25, 0.3) is 0 Å². The molecule has 0 unspecified atom stereocenters. The van der Waals surface area contributed by atoms with E-state index < -0.39 is 0 Å². The smallest absolute Gasteiger partial charge is 0.228 e. The second-order valence-corrected chi connectivity index (χ2v) is 5.88. The number of allylic oxidation sites excluding steroid dienone is 1. The van der Waals surface area contributed by atoms with Crippen molar-refractivity contribution in [3.05, 3.63) is 71.4 Å². The molecule has 0 atom stereocenters. The molecule has 0 aliphatic carbocycles. The lowest BCUT2D eigenvalue weighted by Gasteiger charge is -2.08. The molecule has 3 rings (SSSR count). The summed E-state index contributed by atoms with van der Waals surface area (Å²) in [4.78, 5) is 15.6. The Bertz CT molecular complexity index is 797. The minimum Gasteiger partial charge on any atom is -0.378 e. The van der Waals surface area contributed by atoms with E-state index in [2.05, 4.69) is 33.1 Å². The maximum Gasteiger partial charge on any atom is 0.228 e. The molecule has 0 saturated carbocycles. The fourth-order valence-electron chi connectivity index (χ4n) is 2.78. The number of nitrogens with zero attached hydrogens (tertiary/aromatic N) is 1. The van der Waals surface area contributed by atoms with Gasteiger partial charge in [0.1, 0.15) is 0 Å². The summed E-state index contributed by atoms with van der Waals surface area (Å²) in [6.07, 6.45) is 4.19. The average Bonchev–Trinajstić information content (AvgIpc) is 3.00. The number of nitrogens with one attached hydrogen (secondary N) is 3. The molecule has 0 radical (unpaired) electrons. The van der Waals surface area contributed by atoms with Crippen LogP contribution in [0.5, 0.6) is 0 Å². The molecule has 0 bridgehead atoms. The number of benzene rings is 2. The topological polar surface area (TPSA) is 65.5 Å². The molecule has 1 aliphatic rings. The summed E-state index contributed by atoms with van der Waals surface area (Å²) in [5.74, 6) is 0.0464. The number of carbonyl (C=O) groups excluding carboxylic acids is 1. The van der Waals surface area contributed by atoms with Crippen molar-refractivity contribution in [2.24, 2.45) is 4.99 Å². The summed E-state index contributed by atoms with van der Waals surface area (Å²) in [5, 5.41) is 9.47. The molecule has 2 aromatic rings. The van der Waals surface area contributed by atoms with Gasteiger partial charge in [-0.1, -0.05) is 36.4 Å². The predicted octanol–water partition coefficient (Wildman–Crippen LogP) is 2.56. The molecule has 1 aliphatic heterocycles. The monoisotopic (exact) mass is 334 g/mol. The SMILES string of the molecule is CN=CC(=CNCNCc1ccccc1)c1ccc2c(c1)CC(=O)N2. The fraction of sp³-hybridized carbons (Fsp3) is 0.200. The third-order valence-corrected chi connectivity index (χ3v) is 3.99. The molecule has 2 aromatic carbocycles. The minimum absolute atomic E-state index is 0.0464. The lowest BCUT2D eigenvalue weighted by molar-refractivity contribution is -0.115. The second kappa shape index (κ2) is 8.26. The van der Waals surface area contributed by atoms with Crippen LogP contribution < -0.4 is 16.0 Å². The van der Waals surface area contributed by atoms with Gasteiger partial charge >= 0.3 is 0 Å². The van der Waals surface area contributed by atoms with Crippen molar-refractivity contribution >= 4 is 23.4 Å². The van der Waals surface area contributed by atoms with E-state index in [0.717, 1.165) is 28.9 Å². The van der Waals surface area contributed by atoms with Crippen LogP contribution in [0.3, 0.4) is 0 Å². The van der Waals surface area contributed by atoms with E-state index in [1.165, 1.54) is 5.56 Å². The summed E-state index contributed by atoms with van der Waals surface area (Å²) in [6, 6.07) is 16.3. The molecule has 25 heavy (non-hydrogen) atoms. The van der Waals surface area contributed by atoms with E-state index in [-0.39, 0.29) is 5.91 Å². The van der Waals surface area contributed by atoms with Crippen molar-refractivity contribution in [3.8, 4) is 0 Å². The largest absolute Gasteiger partial charge is 0.378 e. The summed E-state index contributed by atoms with van der Waals surface area (Å²) in [6.45, 7) is 1.46. The van der Waals surface area contributed by atoms with Crippen molar-refractivity contribution in [1.29, 1.82) is 0 Å². The van der Waals surface area contributed by atoms with Gasteiger partial charge in [-0.25, -0.2) is 0 Å². The van der Waals surface area contributed by atoms with Crippen molar-refractivity contribution in [2.75, 3.05) is 19.0 Å². The molecule has 0 fully saturated rings. The van der Waals surface area contributed by atoms with Crippen molar-refractivity contribution < 1.29 is 4.79 Å². The van der Waals surface area contributed by atoms with Gasteiger partial charge in [-0.2, -0.15) is 0 Å². The lowest BCUT2D eigenvalue weighted by Crippen LogP contribution is -2.25. The van der Waals surface area contributed by atoms with E-state index in [4.69, 9.17) is 0 Å². The van der Waals surface area contributed by atoms with Gasteiger partial charge < -0.3 is 10.6 Å². The van der Waals surface area contributed by atoms with Crippen LogP contribution in [0.2, 0.25) is 0 Å². The van der Waals surface area contributed by atoms with Gasteiger partial charge in [0, 0.05) is 37.3 Å². The Labute approximate surface area is 147 Å². The normalized spacial score (nSPS) is 13.8. The highest BCUT2D eigenvalue weighted by Gasteiger charge is 2.17. The van der Waals surface area contributed by atoms with Gasteiger partial charge in [-0.05, 0) is 28.8 Å². The quantitative estimate of drug-likeness (QED) is 0.414. The number of hydrogen-bond donors (Lipinski definition) is 3. The number of hydrogen-bond acceptors (Lipinski definition) is 4. The summed E-state index contributed by atoms with van der Waals surface area (Å²) in [7, 11) is 1.75. The lowest BCUT2D eigenvalue weighted by atomic mass is 10.0. The van der Waals surface area contributed by atoms with Crippen LogP contribution in [0.4, 0.5) is 5.69 Å². The summed E-state index contributed by atoms with van der Waals surface area (Å²) >= 11 is 0. The molecule has 5 heteroatoms. The van der Waals surface area contributed by atoms with Gasteiger partial charge in [0.15, 0.2) is 0 Å². The first-order valence-electron chi connectivity index (χ1n) is 8.30. The third kappa shape index (κ3) is 4.55. The third-order valence-electron chi connectivity index (χ3n) is 3.99. The van der Waals surface area contributed by atoms with Crippen LogP contribution in [0.15, 0.2) is 59.7 Å². The Kier molecular flexibility index (Phi) is 5.59. The Hall–Kier alpha value is -2.92. The molecule has 1 heterocycles. The van der Waals surface area contributed by atoms with Gasteiger partial charge in [0.05, 0.1) is 13.1 Å². The first kappa shape index (κ1) is 16.9. The number of rotatable bonds is 7. The molecule has 3 N–H and O–H groups in total. The van der Waals surface area contributed by atoms with Crippen LogP contribution in [0, 0.1) is 0 Å². The van der Waals surface area contributed by atoms with E-state index >= 15 is 0 Å². The number of fused-ring (bicyclic) bond motifs is 1. The van der Waals surface area contributed by atoms with Crippen molar-refractivity contribution in [1.82, 2.24) is 10.6 Å². The molecule has 128 valence electrons. The van der Waals surface area contributed by atoms with Crippen molar-refractivity contribution in [3.63, 3.8) is 0 Å². The zero-order valence-electron chi connectivity index (χ0n) is 14.3. The average molecular weight is 334 g/mol. The Balaban J connectivity index is 1.60. The zero-order valence-corrected chi connectivity index (χ0v) is 14.3. The van der Waals surface area contributed by atoms with Crippen LogP contribution in [-0.4, -0.2) is 25.8 Å². The van der Waals surface area contributed by atoms with Crippen LogP contribution >= 0.6 is 0 Å². The van der Waals surface area contributed by atoms with Crippen LogP contribution in [0.1, 0.15) is 16.7 Å². The molecular weight excluding hydrogens is 312 g/mol. The highest BCUT2D eigenvalue weighted by atomic mass is 16.1. The van der Waals surface area contributed by atoms with Crippen LogP contribution in [0.25, 0.3) is 5.57 Å². The molecule has 0 saturated heterocycles. The maximum atomic E-state index is 11.5. The number of anilines is 1. The highest BCUT2D eigenvalue weighted by Crippen LogP contribution is 2.26. The van der Waals surface area contributed by atoms with Gasteiger partial charge in [-0.15, -0.1) is 0 Å². The van der Waals surface area contributed by atoms with Gasteiger partial charge in [0.2, 0.25) is 5.91 Å². The maximum absolute atomic E-state index is 11.5. The van der Waals surface area contributed by atoms with Crippen molar-refractivity contribution in [2.45, 2.75) is 13.0 Å². The van der Waals surface area contributed by atoms with Gasteiger partial charge in [-0.3, -0.25) is 15.1 Å². The first-order valence-corrected chi connectivity index (χ1v) is 8.30. The molecule has 5 nitrogen and oxygen atoms in total. The molecule has 0 spiro atoms. The number of carbonyl (C=O) groups is 1. The Morgan fingerprint density at radius 2 is 2.08 bits per heavy atom. The standard InChI is InChI=1S/C20H22N4O/c1-21-12-18(13-23-14-22-11-15-5-3-2-4-6-15)16-7-8-19-17(9-16)10-20(25)24-19/h2-9,12-13,22-23H,10-11,14H2,1H3,(H,24,25). The molecular formula is C20H22N4O. The van der Waals surface area contributed by atoms with E-state index in [1.807, 2.05) is 48.8 Å². The number of amides is 1. The van der Waals surface area contributed by atoms with E-state index in [0.29, 0.717) is 13.1 Å². The second-order valence-electron chi connectivity index (χ2n) is 5.88. The highest BCUT2D eigenvalue weighted by molar-refractivity contribution is 6.10. The fourth-order valence-corrected chi connectivity index (χ4v) is 2.78. The number of aliphatic imine (C=N–C) groups is 1. The Morgan fingerprint density at radius 3 is 2.88 bits per heavy atom. The molecule has 0 aromatic heterocycles. The summed E-state index contributed by atoms with van der Waals surface area (Å²) < 4.78 is 0.